The highest BCUT2D eigenvalue weighted by molar-refractivity contribution is 5.71. The first-order valence-corrected chi connectivity index (χ1v) is 33.4. The number of carbonyl (C=O) groups excluding carboxylic acids is 3. The summed E-state index contributed by atoms with van der Waals surface area (Å²) in [6, 6.07) is 0. The van der Waals surface area contributed by atoms with E-state index < -0.39 is 6.10 Å². The maximum atomic E-state index is 12.9. The Hall–Kier alpha value is -3.93. The molecule has 0 aromatic rings. The van der Waals surface area contributed by atoms with Gasteiger partial charge in [0, 0.05) is 19.3 Å². The lowest BCUT2D eigenvalue weighted by atomic mass is 10.0. The number of allylic oxidation sites excluding steroid dienone is 18. The molecule has 1 atom stereocenters. The number of carbonyl (C=O) groups is 3. The lowest BCUT2D eigenvalue weighted by molar-refractivity contribution is -0.167. The predicted molar refractivity (Wildman–Crippen MR) is 343 cm³/mol. The van der Waals surface area contributed by atoms with Gasteiger partial charge in [-0.05, 0) is 103 Å². The van der Waals surface area contributed by atoms with Crippen LogP contribution < -0.4 is 0 Å². The number of unbranched alkanes of at least 4 members (excludes halogenated alkanes) is 31. The van der Waals surface area contributed by atoms with Crippen molar-refractivity contribution in [3.63, 3.8) is 0 Å². The van der Waals surface area contributed by atoms with Crippen LogP contribution in [0.15, 0.2) is 109 Å². The molecule has 0 aliphatic rings. The molecule has 0 heterocycles. The lowest BCUT2D eigenvalue weighted by Crippen LogP contribution is -2.30. The summed E-state index contributed by atoms with van der Waals surface area (Å²) in [6.45, 7) is 6.48. The molecule has 0 spiro atoms. The number of hydrogen-bond donors (Lipinski definition) is 0. The number of hydrogen-bond acceptors (Lipinski definition) is 6. The van der Waals surface area contributed by atoms with Crippen molar-refractivity contribution >= 4 is 17.9 Å². The highest BCUT2D eigenvalue weighted by Gasteiger charge is 2.19. The smallest absolute Gasteiger partial charge is 0.306 e. The Morgan fingerprint density at radius 1 is 0.266 bits per heavy atom. The molecule has 0 amide bonds. The second kappa shape index (κ2) is 66.6. The standard InChI is InChI=1S/C73H124O6/c1-4-7-10-13-16-19-22-24-26-28-30-32-34-35-36-37-39-40-42-44-46-48-51-54-57-60-63-66-72(75)78-69-70(68-77-71(74)65-62-59-56-53-50-21-18-15-12-9-6-3)79-73(76)67-64-61-58-55-52-49-47-45-43-41-38-33-31-29-27-25-23-20-17-14-11-8-5-2/h7,10,15-16,18-19,24,26,30,32,35-36,39-40,44,46,51,54,70H,4-6,8-9,11-14,17,20-23,25,27-29,31,33-34,37-38,41-43,45,47-50,52-53,55-69H2,1-3H3/b10-7-,18-15-,19-16-,26-24-,32-30-,36-35-,40-39-,46-44-,54-51-. The van der Waals surface area contributed by atoms with Gasteiger partial charge in [-0.2, -0.15) is 0 Å². The summed E-state index contributed by atoms with van der Waals surface area (Å²) in [4.78, 5) is 38.3. The largest absolute Gasteiger partial charge is 0.462 e. The van der Waals surface area contributed by atoms with E-state index in [1.54, 1.807) is 0 Å². The average molecular weight is 1100 g/mol. The molecular formula is C73H124O6. The Kier molecular flexibility index (Phi) is 63.3. The van der Waals surface area contributed by atoms with Crippen LogP contribution in [0.3, 0.4) is 0 Å². The van der Waals surface area contributed by atoms with Gasteiger partial charge in [0.25, 0.3) is 0 Å². The summed E-state index contributed by atoms with van der Waals surface area (Å²) >= 11 is 0. The van der Waals surface area contributed by atoms with Gasteiger partial charge in [-0.25, -0.2) is 0 Å². The van der Waals surface area contributed by atoms with Gasteiger partial charge >= 0.3 is 17.9 Å². The molecule has 0 aromatic heterocycles. The van der Waals surface area contributed by atoms with Crippen LogP contribution in [-0.2, 0) is 28.6 Å². The van der Waals surface area contributed by atoms with Crippen LogP contribution in [0.25, 0.3) is 0 Å². The van der Waals surface area contributed by atoms with E-state index >= 15 is 0 Å². The highest BCUT2D eigenvalue weighted by atomic mass is 16.6. The molecule has 0 radical (unpaired) electrons. The Bertz CT molecular complexity index is 1590. The fourth-order valence-corrected chi connectivity index (χ4v) is 9.26. The molecule has 0 bridgehead atoms. The summed E-state index contributed by atoms with van der Waals surface area (Å²) in [5.74, 6) is -0.939. The predicted octanol–water partition coefficient (Wildman–Crippen LogP) is 23.0. The van der Waals surface area contributed by atoms with E-state index in [-0.39, 0.29) is 31.1 Å². The Labute approximate surface area is 489 Å². The van der Waals surface area contributed by atoms with Crippen LogP contribution in [0.4, 0.5) is 0 Å². The Balaban J connectivity index is 4.35. The van der Waals surface area contributed by atoms with E-state index in [1.807, 2.05) is 0 Å². The van der Waals surface area contributed by atoms with Crippen molar-refractivity contribution in [3.05, 3.63) is 109 Å². The first-order valence-electron chi connectivity index (χ1n) is 33.4. The maximum Gasteiger partial charge on any atom is 0.306 e. The molecule has 1 unspecified atom stereocenters. The molecule has 0 aliphatic carbocycles. The van der Waals surface area contributed by atoms with Crippen molar-refractivity contribution in [3.8, 4) is 0 Å². The quantitative estimate of drug-likeness (QED) is 0.0261. The van der Waals surface area contributed by atoms with Crippen LogP contribution in [-0.4, -0.2) is 37.2 Å². The molecule has 0 saturated heterocycles. The van der Waals surface area contributed by atoms with Crippen molar-refractivity contribution in [1.29, 1.82) is 0 Å². The van der Waals surface area contributed by atoms with Crippen LogP contribution in [0.1, 0.15) is 316 Å². The third-order valence-corrected chi connectivity index (χ3v) is 14.3. The zero-order chi connectivity index (χ0) is 57.1. The van der Waals surface area contributed by atoms with E-state index in [4.69, 9.17) is 14.2 Å². The zero-order valence-corrected chi connectivity index (χ0v) is 51.9. The summed E-state index contributed by atoms with van der Waals surface area (Å²) in [7, 11) is 0. The van der Waals surface area contributed by atoms with E-state index in [9.17, 15) is 14.4 Å². The normalized spacial score (nSPS) is 12.8. The molecule has 6 nitrogen and oxygen atoms in total. The minimum absolute atomic E-state index is 0.0950. The van der Waals surface area contributed by atoms with Crippen LogP contribution >= 0.6 is 0 Å². The van der Waals surface area contributed by atoms with Crippen LogP contribution in [0.5, 0.6) is 0 Å². The van der Waals surface area contributed by atoms with Crippen molar-refractivity contribution < 1.29 is 28.6 Å². The van der Waals surface area contributed by atoms with Gasteiger partial charge in [0.2, 0.25) is 0 Å². The lowest BCUT2D eigenvalue weighted by Gasteiger charge is -2.18. The third-order valence-electron chi connectivity index (χ3n) is 14.3. The fraction of sp³-hybridized carbons (Fsp3) is 0.712. The first kappa shape index (κ1) is 75.1. The van der Waals surface area contributed by atoms with E-state index in [0.717, 1.165) is 122 Å². The van der Waals surface area contributed by atoms with Gasteiger partial charge in [-0.1, -0.05) is 304 Å². The van der Waals surface area contributed by atoms with Crippen LogP contribution in [0.2, 0.25) is 0 Å². The number of esters is 3. The summed E-state index contributed by atoms with van der Waals surface area (Å²) in [6.07, 6.45) is 91.1. The molecule has 452 valence electrons. The van der Waals surface area contributed by atoms with Gasteiger partial charge in [0.1, 0.15) is 13.2 Å². The SMILES string of the molecule is CC/C=C\C/C=C\C/C=C\C/C=C\C/C=C\C/C=C\C/C=C\C/C=C\CCCCC(=O)OCC(COC(=O)CCCCCCC/C=C\CCCC)OC(=O)CCCCCCCCCCCCCCCCCCCCCCCCC. The third kappa shape index (κ3) is 64.8. The monoisotopic (exact) mass is 1100 g/mol. The molecule has 0 aliphatic heterocycles. The molecule has 79 heavy (non-hydrogen) atoms. The van der Waals surface area contributed by atoms with Gasteiger partial charge in [0.15, 0.2) is 6.10 Å². The molecular weight excluding hydrogens is 973 g/mol. The second-order valence-corrected chi connectivity index (χ2v) is 22.0. The maximum absolute atomic E-state index is 12.9. The molecule has 6 heteroatoms. The fourth-order valence-electron chi connectivity index (χ4n) is 9.26. The molecule has 0 aromatic carbocycles. The van der Waals surface area contributed by atoms with Crippen LogP contribution in [0, 0.1) is 0 Å². The topological polar surface area (TPSA) is 78.9 Å². The second-order valence-electron chi connectivity index (χ2n) is 22.0. The summed E-state index contributed by atoms with van der Waals surface area (Å²) < 4.78 is 16.9. The Morgan fingerprint density at radius 2 is 0.506 bits per heavy atom. The van der Waals surface area contributed by atoms with Crippen molar-refractivity contribution in [2.24, 2.45) is 0 Å². The summed E-state index contributed by atoms with van der Waals surface area (Å²) in [5.41, 5.74) is 0. The molecule has 0 rings (SSSR count). The van der Waals surface area contributed by atoms with Gasteiger partial charge in [-0.3, -0.25) is 14.4 Å². The van der Waals surface area contributed by atoms with Crippen molar-refractivity contribution in [2.45, 2.75) is 322 Å². The molecule has 0 saturated carbocycles. The Morgan fingerprint density at radius 3 is 0.848 bits per heavy atom. The van der Waals surface area contributed by atoms with Crippen molar-refractivity contribution in [2.75, 3.05) is 13.2 Å². The highest BCUT2D eigenvalue weighted by Crippen LogP contribution is 2.17. The average Bonchev–Trinajstić information content (AvgIpc) is 3.45. The van der Waals surface area contributed by atoms with Gasteiger partial charge in [0.05, 0.1) is 0 Å². The first-order chi connectivity index (χ1) is 39.0. The van der Waals surface area contributed by atoms with Gasteiger partial charge in [-0.15, -0.1) is 0 Å². The van der Waals surface area contributed by atoms with Crippen molar-refractivity contribution in [1.82, 2.24) is 0 Å². The summed E-state index contributed by atoms with van der Waals surface area (Å²) in [5, 5.41) is 0. The molecule has 0 fully saturated rings. The number of rotatable bonds is 60. The van der Waals surface area contributed by atoms with E-state index in [0.29, 0.717) is 19.3 Å². The molecule has 0 N–H and O–H groups in total. The minimum atomic E-state index is -0.800. The minimum Gasteiger partial charge on any atom is -0.462 e. The van der Waals surface area contributed by atoms with E-state index in [1.165, 1.54) is 154 Å². The van der Waals surface area contributed by atoms with Gasteiger partial charge < -0.3 is 14.2 Å². The number of ether oxygens (including phenoxy) is 3. The van der Waals surface area contributed by atoms with E-state index in [2.05, 4.69) is 130 Å². The zero-order valence-electron chi connectivity index (χ0n) is 51.9.